The Morgan fingerprint density at radius 2 is 1.69 bits per heavy atom. The largest absolute Gasteiger partial charge is 0.326 e. The predicted molar refractivity (Wildman–Crippen MR) is 111 cm³/mol. The normalized spacial score (nSPS) is 14.1. The van der Waals surface area contributed by atoms with Gasteiger partial charge in [-0.25, -0.2) is 22.0 Å². The van der Waals surface area contributed by atoms with Crippen LogP contribution in [-0.2, 0) is 19.6 Å². The fourth-order valence-corrected chi connectivity index (χ4v) is 4.06. The van der Waals surface area contributed by atoms with Gasteiger partial charge in [-0.1, -0.05) is 0 Å². The molecule has 0 unspecified atom stereocenters. The van der Waals surface area contributed by atoms with Gasteiger partial charge in [-0.2, -0.15) is 0 Å². The lowest BCUT2D eigenvalue weighted by atomic mass is 10.2. The summed E-state index contributed by atoms with van der Waals surface area (Å²) >= 11 is 0. The molecule has 0 atom stereocenters. The SMILES string of the molecule is CN1CC(=O)N(CCCC(=O)Nc2ccc(NS(=O)(=O)c3ccc(F)c(F)c3)cc2)C1=O. The van der Waals surface area contributed by atoms with Crippen molar-refractivity contribution >= 4 is 39.2 Å². The predicted octanol–water partition coefficient (Wildman–Crippen LogP) is 2.38. The Bertz CT molecular complexity index is 1160. The van der Waals surface area contributed by atoms with Crippen molar-refractivity contribution in [2.75, 3.05) is 30.2 Å². The van der Waals surface area contributed by atoms with Crippen LogP contribution in [0.15, 0.2) is 47.4 Å². The van der Waals surface area contributed by atoms with E-state index < -0.39 is 32.6 Å². The van der Waals surface area contributed by atoms with Gasteiger partial charge >= 0.3 is 6.03 Å². The van der Waals surface area contributed by atoms with Crippen molar-refractivity contribution in [3.05, 3.63) is 54.1 Å². The van der Waals surface area contributed by atoms with Crippen molar-refractivity contribution in [3.63, 3.8) is 0 Å². The molecule has 1 aliphatic heterocycles. The highest BCUT2D eigenvalue weighted by Gasteiger charge is 2.32. The number of amides is 4. The Balaban J connectivity index is 1.52. The molecule has 2 aromatic rings. The van der Waals surface area contributed by atoms with Crippen LogP contribution in [0, 0.1) is 11.6 Å². The maximum atomic E-state index is 13.3. The summed E-state index contributed by atoms with van der Waals surface area (Å²) in [6.07, 6.45) is 0.370. The molecule has 1 heterocycles. The monoisotopic (exact) mass is 466 g/mol. The lowest BCUT2D eigenvalue weighted by molar-refractivity contribution is -0.125. The molecule has 12 heteroatoms. The number of carbonyl (C=O) groups excluding carboxylic acids is 3. The number of likely N-dealkylation sites (N-methyl/N-ethyl adjacent to an activating group) is 1. The molecule has 32 heavy (non-hydrogen) atoms. The quantitative estimate of drug-likeness (QED) is 0.580. The number of anilines is 2. The minimum Gasteiger partial charge on any atom is -0.326 e. The Morgan fingerprint density at radius 1 is 1.03 bits per heavy atom. The highest BCUT2D eigenvalue weighted by Crippen LogP contribution is 2.20. The molecular weight excluding hydrogens is 446 g/mol. The molecule has 170 valence electrons. The standard InChI is InChI=1S/C20H20F2N4O5S/c1-25-12-19(28)26(20(25)29)10-2-3-18(27)23-13-4-6-14(7-5-13)24-32(30,31)15-8-9-16(21)17(22)11-15/h4-9,11,24H,2-3,10,12H2,1H3,(H,23,27). The van der Waals surface area contributed by atoms with E-state index in [1.54, 1.807) is 0 Å². The third-order valence-corrected chi connectivity index (χ3v) is 6.02. The Hall–Kier alpha value is -3.54. The molecule has 0 radical (unpaired) electrons. The van der Waals surface area contributed by atoms with Crippen LogP contribution in [0.1, 0.15) is 12.8 Å². The van der Waals surface area contributed by atoms with Crippen molar-refractivity contribution in [2.45, 2.75) is 17.7 Å². The highest BCUT2D eigenvalue weighted by atomic mass is 32.2. The number of halogens is 2. The summed E-state index contributed by atoms with van der Waals surface area (Å²) in [6, 6.07) is 7.55. The van der Waals surface area contributed by atoms with E-state index in [1.165, 1.54) is 36.2 Å². The van der Waals surface area contributed by atoms with Crippen LogP contribution in [0.3, 0.4) is 0 Å². The number of imide groups is 1. The first-order chi connectivity index (χ1) is 15.1. The van der Waals surface area contributed by atoms with Gasteiger partial charge in [0.25, 0.3) is 10.0 Å². The molecule has 2 aromatic carbocycles. The first-order valence-electron chi connectivity index (χ1n) is 9.50. The van der Waals surface area contributed by atoms with E-state index in [0.717, 1.165) is 17.0 Å². The minimum absolute atomic E-state index is 0.0250. The summed E-state index contributed by atoms with van der Waals surface area (Å²) in [5.41, 5.74) is 0.557. The minimum atomic E-state index is -4.13. The smallest absolute Gasteiger partial charge is 0.326 e. The van der Waals surface area contributed by atoms with E-state index in [4.69, 9.17) is 0 Å². The van der Waals surface area contributed by atoms with Crippen LogP contribution in [0.25, 0.3) is 0 Å². The van der Waals surface area contributed by atoms with Crippen LogP contribution in [0.4, 0.5) is 25.0 Å². The fraction of sp³-hybridized carbons (Fsp3) is 0.250. The van der Waals surface area contributed by atoms with Crippen molar-refractivity contribution < 1.29 is 31.6 Å². The molecule has 2 N–H and O–H groups in total. The van der Waals surface area contributed by atoms with Crippen LogP contribution in [0.2, 0.25) is 0 Å². The summed E-state index contributed by atoms with van der Waals surface area (Å²) < 4.78 is 53.1. The van der Waals surface area contributed by atoms with E-state index in [9.17, 15) is 31.6 Å². The van der Waals surface area contributed by atoms with Gasteiger partial charge in [-0.3, -0.25) is 19.2 Å². The van der Waals surface area contributed by atoms with Crippen molar-refractivity contribution in [2.24, 2.45) is 0 Å². The van der Waals surface area contributed by atoms with Crippen LogP contribution in [0.5, 0.6) is 0 Å². The molecule has 0 aliphatic carbocycles. The number of urea groups is 1. The van der Waals surface area contributed by atoms with Gasteiger partial charge in [0.15, 0.2) is 11.6 Å². The van der Waals surface area contributed by atoms with Gasteiger partial charge in [-0.15, -0.1) is 0 Å². The zero-order chi connectivity index (χ0) is 23.5. The Labute approximate surface area is 183 Å². The third-order valence-electron chi connectivity index (χ3n) is 4.64. The van der Waals surface area contributed by atoms with E-state index >= 15 is 0 Å². The van der Waals surface area contributed by atoms with Gasteiger partial charge in [0.2, 0.25) is 11.8 Å². The van der Waals surface area contributed by atoms with E-state index in [2.05, 4.69) is 10.0 Å². The highest BCUT2D eigenvalue weighted by molar-refractivity contribution is 7.92. The molecule has 9 nitrogen and oxygen atoms in total. The Kier molecular flexibility index (Phi) is 6.72. The van der Waals surface area contributed by atoms with E-state index in [-0.39, 0.29) is 37.0 Å². The molecule has 1 fully saturated rings. The number of sulfonamides is 1. The number of hydrogen-bond donors (Lipinski definition) is 2. The fourth-order valence-electron chi connectivity index (χ4n) is 2.99. The molecule has 1 saturated heterocycles. The van der Waals surface area contributed by atoms with Crippen molar-refractivity contribution in [1.29, 1.82) is 0 Å². The van der Waals surface area contributed by atoms with Gasteiger partial charge < -0.3 is 10.2 Å². The average molecular weight is 466 g/mol. The van der Waals surface area contributed by atoms with E-state index in [1.807, 2.05) is 0 Å². The molecule has 0 spiro atoms. The van der Waals surface area contributed by atoms with Crippen molar-refractivity contribution in [1.82, 2.24) is 9.80 Å². The van der Waals surface area contributed by atoms with E-state index in [0.29, 0.717) is 18.2 Å². The van der Waals surface area contributed by atoms with Crippen LogP contribution in [-0.4, -0.2) is 56.2 Å². The topological polar surface area (TPSA) is 116 Å². The van der Waals surface area contributed by atoms with Crippen LogP contribution < -0.4 is 10.0 Å². The molecule has 0 bridgehead atoms. The average Bonchev–Trinajstić information content (AvgIpc) is 2.97. The number of nitrogens with zero attached hydrogens (tertiary/aromatic N) is 2. The van der Waals surface area contributed by atoms with Gasteiger partial charge in [0.1, 0.15) is 6.54 Å². The first kappa shape index (κ1) is 23.1. The zero-order valence-corrected chi connectivity index (χ0v) is 17.8. The van der Waals surface area contributed by atoms with Gasteiger partial charge in [0.05, 0.1) is 4.90 Å². The first-order valence-corrected chi connectivity index (χ1v) is 11.0. The maximum absolute atomic E-state index is 13.3. The summed E-state index contributed by atoms with van der Waals surface area (Å²) in [5, 5.41) is 2.63. The second-order valence-corrected chi connectivity index (χ2v) is 8.78. The van der Waals surface area contributed by atoms with Gasteiger partial charge in [0, 0.05) is 31.4 Å². The second kappa shape index (κ2) is 9.30. The molecule has 3 rings (SSSR count). The van der Waals surface area contributed by atoms with Crippen molar-refractivity contribution in [3.8, 4) is 0 Å². The zero-order valence-electron chi connectivity index (χ0n) is 17.0. The maximum Gasteiger partial charge on any atom is 0.326 e. The number of benzene rings is 2. The number of rotatable bonds is 8. The summed E-state index contributed by atoms with van der Waals surface area (Å²) in [4.78, 5) is 37.5. The number of nitrogens with one attached hydrogen (secondary N) is 2. The lowest BCUT2D eigenvalue weighted by Crippen LogP contribution is -2.32. The molecule has 0 saturated carbocycles. The molecule has 0 aromatic heterocycles. The second-order valence-electron chi connectivity index (χ2n) is 7.09. The Morgan fingerprint density at radius 3 is 2.28 bits per heavy atom. The lowest BCUT2D eigenvalue weighted by Gasteiger charge is -2.13. The third kappa shape index (κ3) is 5.38. The summed E-state index contributed by atoms with van der Waals surface area (Å²) in [7, 11) is -2.61. The molecule has 4 amide bonds. The molecular formula is C20H20F2N4O5S. The van der Waals surface area contributed by atoms with Crippen LogP contribution >= 0.6 is 0 Å². The molecule has 1 aliphatic rings. The number of carbonyl (C=O) groups is 3. The summed E-state index contributed by atoms with van der Waals surface area (Å²) in [5.74, 6) is -3.08. The summed E-state index contributed by atoms with van der Waals surface area (Å²) in [6.45, 7) is 0.164. The number of hydrogen-bond acceptors (Lipinski definition) is 5. The van der Waals surface area contributed by atoms with Gasteiger partial charge in [-0.05, 0) is 48.9 Å².